The number of aromatic nitrogens is 5. The molecule has 0 amide bonds. The Morgan fingerprint density at radius 1 is 1.04 bits per heavy atom. The van der Waals surface area contributed by atoms with Crippen LogP contribution in [-0.4, -0.2) is 25.6 Å². The molecule has 0 unspecified atom stereocenters. The molecule has 24 heavy (non-hydrogen) atoms. The van der Waals surface area contributed by atoms with Crippen LogP contribution in [0.25, 0.3) is 22.6 Å². The summed E-state index contributed by atoms with van der Waals surface area (Å²) >= 11 is 1.41. The van der Waals surface area contributed by atoms with Crippen molar-refractivity contribution in [1.82, 2.24) is 25.6 Å². The molecule has 0 atom stereocenters. The van der Waals surface area contributed by atoms with Gasteiger partial charge in [0.05, 0.1) is 11.4 Å². The van der Waals surface area contributed by atoms with Crippen molar-refractivity contribution in [1.29, 1.82) is 0 Å². The summed E-state index contributed by atoms with van der Waals surface area (Å²) in [6.07, 6.45) is 0. The third-order valence-electron chi connectivity index (χ3n) is 3.38. The normalized spacial score (nSPS) is 10.7. The minimum atomic E-state index is -0.312. The number of tetrazole rings is 1. The van der Waals surface area contributed by atoms with Gasteiger partial charge in [0.2, 0.25) is 5.82 Å². The maximum absolute atomic E-state index is 13.7. The summed E-state index contributed by atoms with van der Waals surface area (Å²) in [6.45, 7) is 0. The zero-order chi connectivity index (χ0) is 16.4. The van der Waals surface area contributed by atoms with E-state index in [1.165, 1.54) is 17.4 Å². The second-order valence-corrected chi connectivity index (χ2v) is 5.82. The van der Waals surface area contributed by atoms with Crippen LogP contribution in [-0.2, 0) is 0 Å². The van der Waals surface area contributed by atoms with E-state index in [9.17, 15) is 4.39 Å². The fraction of sp³-hybridized carbons (Fsp3) is 0. The van der Waals surface area contributed by atoms with E-state index in [4.69, 9.17) is 0 Å². The van der Waals surface area contributed by atoms with Gasteiger partial charge in [-0.3, -0.25) is 0 Å². The quantitative estimate of drug-likeness (QED) is 0.590. The monoisotopic (exact) mass is 338 g/mol. The maximum atomic E-state index is 13.7. The number of nitrogens with zero attached hydrogens (tertiary/aromatic N) is 4. The van der Waals surface area contributed by atoms with Crippen LogP contribution in [0.4, 0.5) is 15.2 Å². The maximum Gasteiger partial charge on any atom is 0.204 e. The summed E-state index contributed by atoms with van der Waals surface area (Å²) in [6, 6.07) is 14.2. The van der Waals surface area contributed by atoms with Crippen molar-refractivity contribution in [2.45, 2.75) is 0 Å². The van der Waals surface area contributed by atoms with Gasteiger partial charge in [0.25, 0.3) is 0 Å². The van der Waals surface area contributed by atoms with Crippen LogP contribution < -0.4 is 5.32 Å². The summed E-state index contributed by atoms with van der Waals surface area (Å²) in [7, 11) is 0. The predicted octanol–water partition coefficient (Wildman–Crippen LogP) is 3.87. The molecule has 8 heteroatoms. The molecule has 0 saturated carbocycles. The Balaban J connectivity index is 1.61. The van der Waals surface area contributed by atoms with Crippen molar-refractivity contribution in [3.8, 4) is 22.6 Å². The molecule has 6 nitrogen and oxygen atoms in total. The number of H-pyrrole nitrogens is 1. The van der Waals surface area contributed by atoms with Gasteiger partial charge in [0.15, 0.2) is 5.13 Å². The van der Waals surface area contributed by atoms with Crippen molar-refractivity contribution < 1.29 is 4.39 Å². The van der Waals surface area contributed by atoms with Gasteiger partial charge in [0, 0.05) is 16.5 Å². The van der Waals surface area contributed by atoms with Gasteiger partial charge < -0.3 is 5.32 Å². The van der Waals surface area contributed by atoms with Crippen molar-refractivity contribution in [2.24, 2.45) is 0 Å². The van der Waals surface area contributed by atoms with Crippen molar-refractivity contribution >= 4 is 22.2 Å². The Morgan fingerprint density at radius 3 is 2.75 bits per heavy atom. The van der Waals surface area contributed by atoms with Crippen LogP contribution in [0.15, 0.2) is 53.9 Å². The zero-order valence-electron chi connectivity index (χ0n) is 12.3. The largest absolute Gasteiger partial charge is 0.329 e. The average Bonchev–Trinajstić information content (AvgIpc) is 3.29. The molecule has 0 bridgehead atoms. The molecule has 2 aromatic heterocycles. The number of rotatable bonds is 4. The highest BCUT2D eigenvalue weighted by Gasteiger charge is 2.09. The highest BCUT2D eigenvalue weighted by Crippen LogP contribution is 2.29. The van der Waals surface area contributed by atoms with E-state index in [2.05, 4.69) is 30.9 Å². The molecule has 0 aliphatic rings. The lowest BCUT2D eigenvalue weighted by atomic mass is 10.1. The standard InChI is InChI=1S/C16H11FN6S/c17-12-6-1-2-7-13(12)18-16-19-14(9-24-16)10-4-3-5-11(8-10)15-20-22-23-21-15/h1-9H,(H,18,19)(H,20,21,22,23). The first-order chi connectivity index (χ1) is 11.8. The van der Waals surface area contributed by atoms with Gasteiger partial charge in [0.1, 0.15) is 5.82 Å². The summed E-state index contributed by atoms with van der Waals surface area (Å²) in [5.41, 5.74) is 2.97. The second kappa shape index (κ2) is 6.17. The number of nitrogens with one attached hydrogen (secondary N) is 2. The van der Waals surface area contributed by atoms with E-state index < -0.39 is 0 Å². The van der Waals surface area contributed by atoms with Gasteiger partial charge in [-0.1, -0.05) is 30.3 Å². The molecular formula is C16H11FN6S. The van der Waals surface area contributed by atoms with Crippen LogP contribution in [0.5, 0.6) is 0 Å². The number of hydrogen-bond acceptors (Lipinski definition) is 6. The number of thiazole rings is 1. The number of anilines is 2. The molecule has 0 spiro atoms. The summed E-state index contributed by atoms with van der Waals surface area (Å²) in [5.74, 6) is 0.213. The minimum absolute atomic E-state index is 0.312. The van der Waals surface area contributed by atoms with Crippen LogP contribution >= 0.6 is 11.3 Å². The van der Waals surface area contributed by atoms with E-state index >= 15 is 0 Å². The molecule has 0 radical (unpaired) electrons. The lowest BCUT2D eigenvalue weighted by molar-refractivity contribution is 0.632. The highest BCUT2D eigenvalue weighted by atomic mass is 32.1. The molecule has 0 saturated heterocycles. The molecule has 2 N–H and O–H groups in total. The van der Waals surface area contributed by atoms with E-state index in [0.717, 1.165) is 16.8 Å². The van der Waals surface area contributed by atoms with Gasteiger partial charge in [-0.2, -0.15) is 5.21 Å². The van der Waals surface area contributed by atoms with Gasteiger partial charge in [-0.15, -0.1) is 21.5 Å². The SMILES string of the molecule is Fc1ccccc1Nc1nc(-c2cccc(-c3nn[nH]n3)c2)cs1. The fourth-order valence-corrected chi connectivity index (χ4v) is 2.98. The van der Waals surface area contributed by atoms with Crippen LogP contribution in [0, 0.1) is 5.82 Å². The number of hydrogen-bond donors (Lipinski definition) is 2. The Kier molecular flexibility index (Phi) is 3.72. The van der Waals surface area contributed by atoms with Crippen LogP contribution in [0.1, 0.15) is 0 Å². The molecule has 0 fully saturated rings. The van der Waals surface area contributed by atoms with Crippen LogP contribution in [0.3, 0.4) is 0 Å². The smallest absolute Gasteiger partial charge is 0.204 e. The van der Waals surface area contributed by atoms with Gasteiger partial charge >= 0.3 is 0 Å². The Labute approximate surface area is 140 Å². The molecular weight excluding hydrogens is 327 g/mol. The number of aromatic amines is 1. The Bertz CT molecular complexity index is 966. The molecule has 4 rings (SSSR count). The summed E-state index contributed by atoms with van der Waals surface area (Å²) in [4.78, 5) is 4.52. The van der Waals surface area contributed by atoms with E-state index in [0.29, 0.717) is 16.6 Å². The number of para-hydroxylation sites is 1. The molecule has 0 aliphatic carbocycles. The summed E-state index contributed by atoms with van der Waals surface area (Å²) < 4.78 is 13.7. The van der Waals surface area contributed by atoms with E-state index in [1.54, 1.807) is 18.2 Å². The summed E-state index contributed by atoms with van der Waals surface area (Å²) in [5, 5.41) is 19.5. The van der Waals surface area contributed by atoms with E-state index in [-0.39, 0.29) is 5.82 Å². The molecule has 2 aromatic carbocycles. The fourth-order valence-electron chi connectivity index (χ4n) is 2.24. The first kappa shape index (κ1) is 14.5. The topological polar surface area (TPSA) is 79.4 Å². The zero-order valence-corrected chi connectivity index (χ0v) is 13.1. The van der Waals surface area contributed by atoms with Gasteiger partial charge in [-0.25, -0.2) is 9.37 Å². The van der Waals surface area contributed by atoms with Crippen molar-refractivity contribution in [3.05, 3.63) is 59.7 Å². The Morgan fingerprint density at radius 2 is 1.92 bits per heavy atom. The highest BCUT2D eigenvalue weighted by molar-refractivity contribution is 7.14. The first-order valence-corrected chi connectivity index (χ1v) is 7.99. The molecule has 0 aliphatic heterocycles. The number of halogens is 1. The second-order valence-electron chi connectivity index (χ2n) is 4.96. The van der Waals surface area contributed by atoms with E-state index in [1.807, 2.05) is 29.6 Å². The number of benzene rings is 2. The van der Waals surface area contributed by atoms with Crippen molar-refractivity contribution in [2.75, 3.05) is 5.32 Å². The third kappa shape index (κ3) is 2.86. The predicted molar refractivity (Wildman–Crippen MR) is 90.4 cm³/mol. The molecule has 118 valence electrons. The average molecular weight is 338 g/mol. The lowest BCUT2D eigenvalue weighted by Crippen LogP contribution is -1.92. The van der Waals surface area contributed by atoms with Gasteiger partial charge in [-0.05, 0) is 23.4 Å². The third-order valence-corrected chi connectivity index (χ3v) is 4.14. The molecule has 4 aromatic rings. The first-order valence-electron chi connectivity index (χ1n) is 7.11. The molecule has 2 heterocycles. The van der Waals surface area contributed by atoms with Crippen molar-refractivity contribution in [3.63, 3.8) is 0 Å². The Hall–Kier alpha value is -3.13. The van der Waals surface area contributed by atoms with Crippen LogP contribution in [0.2, 0.25) is 0 Å². The minimum Gasteiger partial charge on any atom is -0.329 e. The lowest BCUT2D eigenvalue weighted by Gasteiger charge is -2.03.